The predicted molar refractivity (Wildman–Crippen MR) is 155 cm³/mol. The third-order valence-corrected chi connectivity index (χ3v) is 8.00. The third-order valence-electron chi connectivity index (χ3n) is 6.80. The molecule has 3 rings (SSSR count). The first-order chi connectivity index (χ1) is 20.4. The van der Waals surface area contributed by atoms with Crippen molar-refractivity contribution < 1.29 is 42.5 Å². The van der Waals surface area contributed by atoms with Gasteiger partial charge in [0, 0.05) is 43.1 Å². The first-order valence-corrected chi connectivity index (χ1v) is 14.8. The molecule has 0 saturated carbocycles. The number of benzene rings is 2. The summed E-state index contributed by atoms with van der Waals surface area (Å²) in [5.41, 5.74) is 7.26. The molecule has 6 N–H and O–H groups in total. The lowest BCUT2D eigenvalue weighted by Gasteiger charge is -2.25. The molecule has 2 aromatic carbocycles. The van der Waals surface area contributed by atoms with E-state index in [1.165, 1.54) is 16.7 Å². The van der Waals surface area contributed by atoms with Gasteiger partial charge in [0.25, 0.3) is 5.91 Å². The van der Waals surface area contributed by atoms with Gasteiger partial charge >= 0.3 is 5.97 Å². The molecular formula is C29H37F3N4O6S. The molecule has 1 saturated heterocycles. The van der Waals surface area contributed by atoms with E-state index in [1.807, 2.05) is 13.8 Å². The monoisotopic (exact) mass is 626 g/mol. The number of nitrogens with zero attached hydrogens (tertiary/aromatic N) is 1. The summed E-state index contributed by atoms with van der Waals surface area (Å²) in [6, 6.07) is 6.56. The minimum atomic E-state index is -1.31. The number of aliphatic hydroxyl groups is 2. The second-order valence-electron chi connectivity index (χ2n) is 10.5. The largest absolute Gasteiger partial charge is 0.456 e. The van der Waals surface area contributed by atoms with Crippen LogP contribution >= 0.6 is 11.8 Å². The molecule has 1 heterocycles. The number of halogens is 3. The number of hydrogen-bond donors (Lipinski definition) is 5. The first-order valence-electron chi connectivity index (χ1n) is 13.8. The number of carbonyl (C=O) groups is 3. The summed E-state index contributed by atoms with van der Waals surface area (Å²) < 4.78 is 45.8. The molecule has 1 aliphatic rings. The van der Waals surface area contributed by atoms with Crippen LogP contribution in [0.15, 0.2) is 36.4 Å². The Morgan fingerprint density at radius 2 is 1.72 bits per heavy atom. The fourth-order valence-corrected chi connectivity index (χ4v) is 5.56. The molecule has 14 heteroatoms. The Morgan fingerprint density at radius 1 is 1.07 bits per heavy atom. The molecule has 0 aromatic heterocycles. The molecule has 0 aliphatic carbocycles. The van der Waals surface area contributed by atoms with Crippen LogP contribution in [0.2, 0.25) is 0 Å². The zero-order valence-corrected chi connectivity index (χ0v) is 24.7. The summed E-state index contributed by atoms with van der Waals surface area (Å²) in [6.45, 7) is 3.17. The van der Waals surface area contributed by atoms with Gasteiger partial charge in [-0.05, 0) is 41.7 Å². The number of ether oxygens (including phenoxy) is 1. The van der Waals surface area contributed by atoms with E-state index in [1.54, 1.807) is 24.3 Å². The van der Waals surface area contributed by atoms with Crippen LogP contribution in [0.25, 0.3) is 0 Å². The van der Waals surface area contributed by atoms with Gasteiger partial charge in [0.2, 0.25) is 5.91 Å². The second kappa shape index (κ2) is 15.9. The number of nitrogens with one attached hydrogen (secondary N) is 2. The molecule has 3 atom stereocenters. The maximum Gasteiger partial charge on any atom is 0.329 e. The van der Waals surface area contributed by atoms with Gasteiger partial charge in [-0.3, -0.25) is 9.59 Å². The number of amides is 2. The van der Waals surface area contributed by atoms with Crippen molar-refractivity contribution in [2.45, 2.75) is 56.8 Å². The molecule has 10 nitrogen and oxygen atoms in total. The molecular weight excluding hydrogens is 589 g/mol. The lowest BCUT2D eigenvalue weighted by molar-refractivity contribution is -0.155. The highest BCUT2D eigenvalue weighted by atomic mass is 32.2. The van der Waals surface area contributed by atoms with Crippen molar-refractivity contribution in [3.63, 3.8) is 0 Å². The highest BCUT2D eigenvalue weighted by Crippen LogP contribution is 2.26. The maximum absolute atomic E-state index is 14.0. The molecule has 1 fully saturated rings. The number of hydrogen-bond acceptors (Lipinski definition) is 9. The number of anilines is 1. The maximum atomic E-state index is 14.0. The Labute approximate surface area is 252 Å². The third kappa shape index (κ3) is 9.58. The molecule has 0 bridgehead atoms. The van der Waals surface area contributed by atoms with Gasteiger partial charge in [-0.15, -0.1) is 11.8 Å². The fourth-order valence-electron chi connectivity index (χ4n) is 4.40. The van der Waals surface area contributed by atoms with E-state index in [4.69, 9.17) is 10.5 Å². The SMILES string of the molecule is CC(C)[C@@H](Nc1ccc(CNC(=O)[C@@H]2SCCN2C(=O)C[C@H](N)Cc2cc(F)c(F)cc2F)cc1)C(=O)OC(CO)CO. The van der Waals surface area contributed by atoms with E-state index in [0.29, 0.717) is 24.1 Å². The highest BCUT2D eigenvalue weighted by Gasteiger charge is 2.35. The van der Waals surface area contributed by atoms with E-state index >= 15 is 0 Å². The van der Waals surface area contributed by atoms with Crippen molar-refractivity contribution in [1.29, 1.82) is 0 Å². The molecule has 1 aliphatic heterocycles. The summed E-state index contributed by atoms with van der Waals surface area (Å²) in [6.07, 6.45) is -1.38. The van der Waals surface area contributed by atoms with Gasteiger partial charge in [0.15, 0.2) is 17.0 Å². The van der Waals surface area contributed by atoms with E-state index in [2.05, 4.69) is 10.6 Å². The van der Waals surface area contributed by atoms with Crippen LogP contribution in [-0.4, -0.2) is 82.0 Å². The van der Waals surface area contributed by atoms with E-state index in [9.17, 15) is 37.8 Å². The lowest BCUT2D eigenvalue weighted by atomic mass is 10.0. The summed E-state index contributed by atoms with van der Waals surface area (Å²) in [7, 11) is 0. The summed E-state index contributed by atoms with van der Waals surface area (Å²) in [4.78, 5) is 39.8. The standard InChI is InChI=1S/C29H37F3N4O6S/c1-16(2)26(29(41)42-21(14-37)15-38)35-20-5-3-17(4-6-20)13-34-27(40)28-36(7-8-43-28)25(39)11-19(33)9-18-10-23(31)24(32)12-22(18)30/h3-6,10,12,16,19,21,26,28,35,37-38H,7-9,11,13-15,33H2,1-2H3,(H,34,40)/t19-,26-,28+/m1/s1. The van der Waals surface area contributed by atoms with Crippen molar-refractivity contribution in [2.24, 2.45) is 11.7 Å². The van der Waals surface area contributed by atoms with E-state index in [-0.39, 0.29) is 36.8 Å². The zero-order chi connectivity index (χ0) is 31.7. The number of nitrogens with two attached hydrogens (primary N) is 1. The summed E-state index contributed by atoms with van der Waals surface area (Å²) in [5, 5.41) is 23.5. The Hall–Kier alpha value is -3.33. The normalized spacial score (nSPS) is 16.3. The van der Waals surface area contributed by atoms with Crippen LogP contribution in [0.5, 0.6) is 0 Å². The first kappa shape index (κ1) is 34.2. The number of esters is 1. The van der Waals surface area contributed by atoms with Crippen LogP contribution in [0.1, 0.15) is 31.4 Å². The Balaban J connectivity index is 1.52. The van der Waals surface area contributed by atoms with Gasteiger partial charge in [-0.2, -0.15) is 0 Å². The number of carbonyl (C=O) groups excluding carboxylic acids is 3. The van der Waals surface area contributed by atoms with Crippen LogP contribution < -0.4 is 16.4 Å². The van der Waals surface area contributed by atoms with Crippen LogP contribution in [0, 0.1) is 23.4 Å². The number of aliphatic hydroxyl groups excluding tert-OH is 2. The Bertz CT molecular complexity index is 1270. The number of rotatable bonds is 14. The average molecular weight is 627 g/mol. The highest BCUT2D eigenvalue weighted by molar-refractivity contribution is 8.00. The topological polar surface area (TPSA) is 154 Å². The van der Waals surface area contributed by atoms with Crippen molar-refractivity contribution >= 4 is 35.2 Å². The molecule has 236 valence electrons. The van der Waals surface area contributed by atoms with E-state index < -0.39 is 66.1 Å². The molecule has 0 unspecified atom stereocenters. The Kier molecular flexibility index (Phi) is 12.7. The number of thioether (sulfide) groups is 1. The van der Waals surface area contributed by atoms with Gasteiger partial charge in [-0.1, -0.05) is 26.0 Å². The van der Waals surface area contributed by atoms with Crippen molar-refractivity contribution in [3.05, 3.63) is 65.0 Å². The van der Waals surface area contributed by atoms with Crippen molar-refractivity contribution in [3.8, 4) is 0 Å². The quantitative estimate of drug-likeness (QED) is 0.156. The summed E-state index contributed by atoms with van der Waals surface area (Å²) in [5.74, 6) is -4.46. The van der Waals surface area contributed by atoms with Gasteiger partial charge in [0.1, 0.15) is 18.0 Å². The average Bonchev–Trinajstić information content (AvgIpc) is 3.47. The van der Waals surface area contributed by atoms with Gasteiger partial charge in [0.05, 0.1) is 13.2 Å². The van der Waals surface area contributed by atoms with Crippen molar-refractivity contribution in [1.82, 2.24) is 10.2 Å². The lowest BCUT2D eigenvalue weighted by Crippen LogP contribution is -2.46. The molecule has 0 radical (unpaired) electrons. The smallest absolute Gasteiger partial charge is 0.329 e. The second-order valence-corrected chi connectivity index (χ2v) is 11.7. The minimum Gasteiger partial charge on any atom is -0.456 e. The van der Waals surface area contributed by atoms with Gasteiger partial charge in [-0.25, -0.2) is 18.0 Å². The fraction of sp³-hybridized carbons (Fsp3) is 0.483. The molecule has 0 spiro atoms. The minimum absolute atomic E-state index is 0.137. The van der Waals surface area contributed by atoms with Crippen LogP contribution in [-0.2, 0) is 32.1 Å². The predicted octanol–water partition coefficient (Wildman–Crippen LogP) is 1.91. The van der Waals surface area contributed by atoms with Gasteiger partial charge < -0.3 is 36.2 Å². The zero-order valence-electron chi connectivity index (χ0n) is 23.9. The van der Waals surface area contributed by atoms with E-state index in [0.717, 1.165) is 11.6 Å². The molecule has 2 amide bonds. The summed E-state index contributed by atoms with van der Waals surface area (Å²) >= 11 is 1.30. The Morgan fingerprint density at radius 3 is 2.35 bits per heavy atom. The van der Waals surface area contributed by atoms with Crippen LogP contribution in [0.3, 0.4) is 0 Å². The molecule has 43 heavy (non-hydrogen) atoms. The molecule has 2 aromatic rings. The van der Waals surface area contributed by atoms with Crippen LogP contribution in [0.4, 0.5) is 18.9 Å². The van der Waals surface area contributed by atoms with Crippen molar-refractivity contribution in [2.75, 3.05) is 30.8 Å².